The zero-order valence-corrected chi connectivity index (χ0v) is 8.10. The van der Waals surface area contributed by atoms with Crippen molar-refractivity contribution in [3.63, 3.8) is 0 Å². The summed E-state index contributed by atoms with van der Waals surface area (Å²) in [4.78, 5) is 8.33. The van der Waals surface area contributed by atoms with E-state index < -0.39 is 18.4 Å². The van der Waals surface area contributed by atoms with Crippen molar-refractivity contribution >= 4 is 18.4 Å². The molecular formula is C2H4F2LiO6PS. The molecule has 0 amide bonds. The predicted molar refractivity (Wildman–Crippen MR) is 32.7 cm³/mol. The van der Waals surface area contributed by atoms with Gasteiger partial charge >= 0.3 is 37.2 Å². The molecule has 6 nitrogen and oxygen atoms in total. The van der Waals surface area contributed by atoms with E-state index in [9.17, 15) is 16.8 Å². The van der Waals surface area contributed by atoms with Crippen LogP contribution in [0.2, 0.25) is 0 Å². The smallest absolute Gasteiger partial charge is 0.749 e. The van der Waals surface area contributed by atoms with E-state index in [4.69, 9.17) is 14.0 Å². The maximum atomic E-state index is 10.0. The molecule has 0 aromatic carbocycles. The molecule has 0 spiro atoms. The van der Waals surface area contributed by atoms with Gasteiger partial charge in [0.15, 0.2) is 0 Å². The van der Waals surface area contributed by atoms with Crippen LogP contribution >= 0.6 is 7.99 Å². The number of rotatable bonds is 2. The van der Waals surface area contributed by atoms with Crippen LogP contribution in [0.25, 0.3) is 0 Å². The van der Waals surface area contributed by atoms with Crippen molar-refractivity contribution in [1.29, 1.82) is 0 Å². The monoisotopic (exact) mass is 232 g/mol. The molecule has 0 saturated heterocycles. The molecule has 0 unspecified atom stereocenters. The SMILES string of the molecule is C=COS(=O)(=O)O.O=P([O-])(F)F.[Li+]. The van der Waals surface area contributed by atoms with Crippen LogP contribution < -0.4 is 23.8 Å². The van der Waals surface area contributed by atoms with Crippen molar-refractivity contribution in [1.82, 2.24) is 0 Å². The second-order valence-corrected chi connectivity index (χ2v) is 2.98. The van der Waals surface area contributed by atoms with Gasteiger partial charge in [0.2, 0.25) is 0 Å². The quantitative estimate of drug-likeness (QED) is 0.241. The molecule has 0 fully saturated rings. The molecule has 0 heterocycles. The maximum Gasteiger partial charge on any atom is 1.00 e. The van der Waals surface area contributed by atoms with E-state index in [-0.39, 0.29) is 18.9 Å². The van der Waals surface area contributed by atoms with Gasteiger partial charge in [-0.3, -0.25) is 9.12 Å². The van der Waals surface area contributed by atoms with E-state index >= 15 is 0 Å². The van der Waals surface area contributed by atoms with E-state index in [1.807, 2.05) is 0 Å². The average molecular weight is 232 g/mol. The first-order valence-corrected chi connectivity index (χ1v) is 4.80. The van der Waals surface area contributed by atoms with Gasteiger partial charge in [-0.1, -0.05) is 6.58 Å². The number of halogens is 2. The Bertz CT molecular complexity index is 262. The Kier molecular flexibility index (Phi) is 10.8. The molecule has 0 aliphatic rings. The Hall–Kier alpha value is 0.0974. The van der Waals surface area contributed by atoms with Crippen molar-refractivity contribution in [3.05, 3.63) is 12.8 Å². The van der Waals surface area contributed by atoms with Crippen LogP contribution in [-0.2, 0) is 19.1 Å². The van der Waals surface area contributed by atoms with Gasteiger partial charge in [-0.25, -0.2) is 0 Å². The Morgan fingerprint density at radius 3 is 1.77 bits per heavy atom. The van der Waals surface area contributed by atoms with Crippen molar-refractivity contribution < 1.29 is 53.9 Å². The second kappa shape index (κ2) is 7.50. The van der Waals surface area contributed by atoms with Gasteiger partial charge in [0.05, 0.1) is 0 Å². The van der Waals surface area contributed by atoms with Crippen molar-refractivity contribution in [2.24, 2.45) is 0 Å². The summed E-state index contributed by atoms with van der Waals surface area (Å²) < 4.78 is 58.6. The second-order valence-electron chi connectivity index (χ2n) is 1.11. The Labute approximate surface area is 85.4 Å². The minimum atomic E-state index is -5.89. The van der Waals surface area contributed by atoms with E-state index in [0.29, 0.717) is 6.26 Å². The molecule has 74 valence electrons. The van der Waals surface area contributed by atoms with Gasteiger partial charge in [0.25, 0.3) is 0 Å². The Morgan fingerprint density at radius 1 is 1.54 bits per heavy atom. The van der Waals surface area contributed by atoms with Crippen LogP contribution in [0, 0.1) is 0 Å². The summed E-state index contributed by atoms with van der Waals surface area (Å²) in [6.07, 6.45) is 0.620. The molecule has 0 rings (SSSR count). The summed E-state index contributed by atoms with van der Waals surface area (Å²) in [5.41, 5.74) is 0. The Balaban J connectivity index is -0.000000150. The fourth-order valence-corrected chi connectivity index (χ4v) is 0.258. The van der Waals surface area contributed by atoms with Crippen molar-refractivity contribution in [2.45, 2.75) is 0 Å². The summed E-state index contributed by atoms with van der Waals surface area (Å²) in [6, 6.07) is 0. The molecule has 0 bridgehead atoms. The third-order valence-electron chi connectivity index (χ3n) is 0.190. The molecule has 0 atom stereocenters. The fourth-order valence-electron chi connectivity index (χ4n) is 0.0860. The van der Waals surface area contributed by atoms with Crippen LogP contribution in [0.5, 0.6) is 0 Å². The third-order valence-corrected chi connectivity index (χ3v) is 0.569. The van der Waals surface area contributed by atoms with E-state index in [0.717, 1.165) is 0 Å². The maximum absolute atomic E-state index is 10.0. The predicted octanol–water partition coefficient (Wildman–Crippen LogP) is -2.65. The first-order chi connectivity index (χ1) is 5.06. The molecule has 0 aromatic heterocycles. The van der Waals surface area contributed by atoms with E-state index in [1.54, 1.807) is 0 Å². The van der Waals surface area contributed by atoms with Gasteiger partial charge in [-0.05, 0) is 0 Å². The van der Waals surface area contributed by atoms with Gasteiger partial charge in [-0.15, -0.1) is 0 Å². The first-order valence-electron chi connectivity index (χ1n) is 2.03. The van der Waals surface area contributed by atoms with Crippen LogP contribution in [0.15, 0.2) is 12.8 Å². The van der Waals surface area contributed by atoms with Gasteiger partial charge < -0.3 is 9.08 Å². The molecule has 11 heteroatoms. The largest absolute Gasteiger partial charge is 1.00 e. The van der Waals surface area contributed by atoms with Crippen LogP contribution in [0.1, 0.15) is 0 Å². The molecule has 13 heavy (non-hydrogen) atoms. The van der Waals surface area contributed by atoms with Crippen LogP contribution in [0.3, 0.4) is 0 Å². The van der Waals surface area contributed by atoms with Crippen molar-refractivity contribution in [3.8, 4) is 0 Å². The van der Waals surface area contributed by atoms with Crippen LogP contribution in [-0.4, -0.2) is 13.0 Å². The zero-order valence-electron chi connectivity index (χ0n) is 6.38. The van der Waals surface area contributed by atoms with E-state index in [1.165, 1.54) is 0 Å². The molecule has 1 N–H and O–H groups in total. The van der Waals surface area contributed by atoms with Gasteiger partial charge in [0.1, 0.15) is 6.26 Å². The molecule has 0 saturated carbocycles. The summed E-state index contributed by atoms with van der Waals surface area (Å²) in [5, 5.41) is 0. The van der Waals surface area contributed by atoms with Gasteiger partial charge in [0, 0.05) is 0 Å². The molecular weight excluding hydrogens is 228 g/mol. The first kappa shape index (κ1) is 18.8. The fraction of sp³-hybridized carbons (Fsp3) is 0. The molecule has 0 aliphatic heterocycles. The minimum absolute atomic E-state index is 0. The summed E-state index contributed by atoms with van der Waals surface area (Å²) in [5.74, 6) is 0. The van der Waals surface area contributed by atoms with Crippen LogP contribution in [0.4, 0.5) is 8.39 Å². The molecule has 0 radical (unpaired) electrons. The zero-order chi connectivity index (χ0) is 10.4. The molecule has 0 aliphatic carbocycles. The minimum Gasteiger partial charge on any atom is -0.749 e. The number of hydrogen-bond donors (Lipinski definition) is 1. The average Bonchev–Trinajstić information content (AvgIpc) is 1.54. The van der Waals surface area contributed by atoms with E-state index in [2.05, 4.69) is 10.8 Å². The topological polar surface area (TPSA) is 104 Å². The normalized spacial score (nSPS) is 10.2. The summed E-state index contributed by atoms with van der Waals surface area (Å²) in [6.45, 7) is 2.88. The van der Waals surface area contributed by atoms with Crippen molar-refractivity contribution in [2.75, 3.05) is 0 Å². The molecule has 0 aromatic rings. The summed E-state index contributed by atoms with van der Waals surface area (Å²) >= 11 is 0. The van der Waals surface area contributed by atoms with Gasteiger partial charge in [-0.2, -0.15) is 16.8 Å². The standard InChI is InChI=1S/C2H4O4S.F2HO2P.Li/c1-2-6-7(3,4)5;1-5(2,3)4;/h2H,1H2,(H,3,4,5);(H,3,4);/q;;+1/p-1. The number of hydrogen-bond acceptors (Lipinski definition) is 5. The summed E-state index contributed by atoms with van der Waals surface area (Å²) in [7, 11) is -10.2. The third kappa shape index (κ3) is 73.5. The Morgan fingerprint density at radius 2 is 1.77 bits per heavy atom.